The molecule has 1 aromatic carbocycles. The van der Waals surface area contributed by atoms with E-state index < -0.39 is 17.8 Å². The molecular weight excluding hydrogens is 277 g/mol. The van der Waals surface area contributed by atoms with Crippen molar-refractivity contribution in [3.8, 4) is 5.75 Å². The van der Waals surface area contributed by atoms with Gasteiger partial charge >= 0.3 is 0 Å². The minimum absolute atomic E-state index is 0.0306. The van der Waals surface area contributed by atoms with Crippen LogP contribution in [0.1, 0.15) is 29.6 Å². The fourth-order valence-electron chi connectivity index (χ4n) is 2.50. The zero-order valence-electron chi connectivity index (χ0n) is 11.8. The van der Waals surface area contributed by atoms with Gasteiger partial charge in [0.05, 0.1) is 18.7 Å². The molecule has 1 aliphatic heterocycles. The first-order valence-electron chi connectivity index (χ1n) is 6.70. The number of carbonyl (C=O) groups excluding carboxylic acids is 1. The maximum Gasteiger partial charge on any atom is 0.257 e. The highest BCUT2D eigenvalue weighted by Crippen LogP contribution is 2.23. The number of ether oxygens (including phenoxy) is 1. The number of amidine groups is 1. The van der Waals surface area contributed by atoms with E-state index in [1.807, 2.05) is 0 Å². The molecule has 2 rings (SSSR count). The normalized spacial score (nSPS) is 19.4. The molecule has 0 spiro atoms. The van der Waals surface area contributed by atoms with E-state index in [2.05, 4.69) is 5.16 Å². The molecule has 0 aromatic heterocycles. The number of hydrogen-bond donors (Lipinski definition) is 2. The summed E-state index contributed by atoms with van der Waals surface area (Å²) >= 11 is 0. The Morgan fingerprint density at radius 3 is 2.90 bits per heavy atom. The number of nitrogens with two attached hydrogens (primary N) is 1. The highest BCUT2D eigenvalue weighted by molar-refractivity contribution is 5.98. The third kappa shape index (κ3) is 3.07. The zero-order chi connectivity index (χ0) is 15.4. The molecule has 114 valence electrons. The third-order valence-electron chi connectivity index (χ3n) is 3.63. The lowest BCUT2D eigenvalue weighted by atomic mass is 10.00. The predicted octanol–water partition coefficient (Wildman–Crippen LogP) is 1.58. The predicted molar refractivity (Wildman–Crippen MR) is 75.0 cm³/mol. The highest BCUT2D eigenvalue weighted by atomic mass is 19.1. The van der Waals surface area contributed by atoms with Crippen LogP contribution in [0.5, 0.6) is 5.75 Å². The van der Waals surface area contributed by atoms with Crippen molar-refractivity contribution in [3.05, 3.63) is 29.6 Å². The molecule has 0 radical (unpaired) electrons. The minimum atomic E-state index is -0.650. The van der Waals surface area contributed by atoms with Crippen LogP contribution in [0.3, 0.4) is 0 Å². The maximum atomic E-state index is 14.0. The molecule has 7 heteroatoms. The number of methoxy groups -OCH3 is 1. The molecule has 1 heterocycles. The van der Waals surface area contributed by atoms with Crippen LogP contribution in [-0.4, -0.2) is 41.5 Å². The summed E-state index contributed by atoms with van der Waals surface area (Å²) in [5, 5.41) is 11.8. The number of halogens is 1. The van der Waals surface area contributed by atoms with Gasteiger partial charge in [-0.25, -0.2) is 4.39 Å². The van der Waals surface area contributed by atoms with Gasteiger partial charge in [0.25, 0.3) is 5.91 Å². The van der Waals surface area contributed by atoms with Gasteiger partial charge in [-0.3, -0.25) is 4.79 Å². The van der Waals surface area contributed by atoms with E-state index in [1.165, 1.54) is 24.1 Å². The maximum absolute atomic E-state index is 14.0. The van der Waals surface area contributed by atoms with Gasteiger partial charge in [0, 0.05) is 12.6 Å². The average Bonchev–Trinajstić information content (AvgIpc) is 2.53. The first-order chi connectivity index (χ1) is 10.1. The van der Waals surface area contributed by atoms with Crippen LogP contribution in [0.2, 0.25) is 0 Å². The highest BCUT2D eigenvalue weighted by Gasteiger charge is 2.31. The monoisotopic (exact) mass is 295 g/mol. The van der Waals surface area contributed by atoms with E-state index >= 15 is 0 Å². The summed E-state index contributed by atoms with van der Waals surface area (Å²) in [7, 11) is 1.43. The van der Waals surface area contributed by atoms with Crippen LogP contribution < -0.4 is 10.5 Å². The van der Waals surface area contributed by atoms with Crippen molar-refractivity contribution >= 4 is 11.7 Å². The average molecular weight is 295 g/mol. The molecule has 1 fully saturated rings. The Morgan fingerprint density at radius 2 is 2.29 bits per heavy atom. The van der Waals surface area contributed by atoms with Gasteiger partial charge in [-0.2, -0.15) is 0 Å². The number of rotatable bonds is 3. The Hall–Kier alpha value is -2.31. The van der Waals surface area contributed by atoms with E-state index in [9.17, 15) is 9.18 Å². The molecule has 21 heavy (non-hydrogen) atoms. The standard InChI is InChI=1S/C14H18FN3O3/c1-21-9-5-6-10(11(15)8-9)14(19)18-7-3-2-4-12(18)13(16)17-20/h5-6,8,12,20H,2-4,7H2,1H3,(H2,16,17). The van der Waals surface area contributed by atoms with E-state index in [-0.39, 0.29) is 11.4 Å². The summed E-state index contributed by atoms with van der Waals surface area (Å²) in [6, 6.07) is 3.57. The first-order valence-corrected chi connectivity index (χ1v) is 6.70. The summed E-state index contributed by atoms with van der Waals surface area (Å²) < 4.78 is 18.9. The van der Waals surface area contributed by atoms with Crippen LogP contribution in [0.25, 0.3) is 0 Å². The van der Waals surface area contributed by atoms with Crippen molar-refractivity contribution < 1.29 is 19.1 Å². The Labute approximate surface area is 122 Å². The van der Waals surface area contributed by atoms with E-state index in [4.69, 9.17) is 15.7 Å². The number of amides is 1. The second-order valence-electron chi connectivity index (χ2n) is 4.88. The molecule has 0 aliphatic carbocycles. The van der Waals surface area contributed by atoms with E-state index in [0.717, 1.165) is 18.9 Å². The van der Waals surface area contributed by atoms with Crippen LogP contribution >= 0.6 is 0 Å². The van der Waals surface area contributed by atoms with Crippen molar-refractivity contribution in [2.75, 3.05) is 13.7 Å². The van der Waals surface area contributed by atoms with E-state index in [0.29, 0.717) is 18.7 Å². The Morgan fingerprint density at radius 1 is 1.52 bits per heavy atom. The second-order valence-corrected chi connectivity index (χ2v) is 4.88. The Bertz CT molecular complexity index is 562. The van der Waals surface area contributed by atoms with Crippen molar-refractivity contribution in [1.82, 2.24) is 4.90 Å². The molecule has 1 unspecified atom stereocenters. The number of oxime groups is 1. The lowest BCUT2D eigenvalue weighted by Gasteiger charge is -2.34. The van der Waals surface area contributed by atoms with Crippen molar-refractivity contribution in [1.29, 1.82) is 0 Å². The van der Waals surface area contributed by atoms with Crippen molar-refractivity contribution in [2.24, 2.45) is 10.9 Å². The molecule has 1 aliphatic rings. The molecule has 0 bridgehead atoms. The molecule has 0 saturated carbocycles. The minimum Gasteiger partial charge on any atom is -0.497 e. The number of piperidine rings is 1. The van der Waals surface area contributed by atoms with Gasteiger partial charge in [0.2, 0.25) is 0 Å². The second kappa shape index (κ2) is 6.43. The largest absolute Gasteiger partial charge is 0.497 e. The van der Waals surface area contributed by atoms with Gasteiger partial charge in [-0.05, 0) is 31.4 Å². The summed E-state index contributed by atoms with van der Waals surface area (Å²) in [6.45, 7) is 0.450. The van der Waals surface area contributed by atoms with Gasteiger partial charge < -0.3 is 20.6 Å². The molecule has 1 saturated heterocycles. The molecular formula is C14H18FN3O3. The van der Waals surface area contributed by atoms with Gasteiger partial charge in [-0.1, -0.05) is 5.16 Å². The molecule has 1 amide bonds. The van der Waals surface area contributed by atoms with Gasteiger partial charge in [0.15, 0.2) is 5.84 Å². The summed E-state index contributed by atoms with van der Waals surface area (Å²) in [5.74, 6) is -0.803. The van der Waals surface area contributed by atoms with Gasteiger partial charge in [-0.15, -0.1) is 0 Å². The summed E-state index contributed by atoms with van der Waals surface area (Å²) in [4.78, 5) is 14.0. The smallest absolute Gasteiger partial charge is 0.257 e. The molecule has 1 aromatic rings. The summed E-state index contributed by atoms with van der Waals surface area (Å²) in [5.41, 5.74) is 5.58. The SMILES string of the molecule is COc1ccc(C(=O)N2CCCCC2/C(N)=N/O)c(F)c1. The number of nitrogens with zero attached hydrogens (tertiary/aromatic N) is 2. The van der Waals surface area contributed by atoms with Crippen molar-refractivity contribution in [3.63, 3.8) is 0 Å². The number of benzene rings is 1. The van der Waals surface area contributed by atoms with Gasteiger partial charge in [0.1, 0.15) is 11.6 Å². The zero-order valence-corrected chi connectivity index (χ0v) is 11.8. The fraction of sp³-hybridized carbons (Fsp3) is 0.429. The van der Waals surface area contributed by atoms with E-state index in [1.54, 1.807) is 0 Å². The molecule has 3 N–H and O–H groups in total. The Kier molecular flexibility index (Phi) is 4.62. The molecule has 1 atom stereocenters. The number of hydrogen-bond acceptors (Lipinski definition) is 4. The molecule has 6 nitrogen and oxygen atoms in total. The first kappa shape index (κ1) is 15.1. The summed E-state index contributed by atoms with van der Waals surface area (Å²) in [6.07, 6.45) is 2.27. The quantitative estimate of drug-likeness (QED) is 0.383. The van der Waals surface area contributed by atoms with Crippen LogP contribution in [-0.2, 0) is 0 Å². The number of carbonyl (C=O) groups is 1. The Balaban J connectivity index is 2.29. The van der Waals surface area contributed by atoms with Crippen LogP contribution in [0.15, 0.2) is 23.4 Å². The lowest BCUT2D eigenvalue weighted by molar-refractivity contribution is 0.0672. The van der Waals surface area contributed by atoms with Crippen molar-refractivity contribution in [2.45, 2.75) is 25.3 Å². The number of likely N-dealkylation sites (tertiary alicyclic amines) is 1. The fourth-order valence-corrected chi connectivity index (χ4v) is 2.50. The lowest BCUT2D eigenvalue weighted by Crippen LogP contribution is -2.50. The van der Waals surface area contributed by atoms with Crippen LogP contribution in [0.4, 0.5) is 4.39 Å². The topological polar surface area (TPSA) is 88.2 Å². The third-order valence-corrected chi connectivity index (χ3v) is 3.63. The van der Waals surface area contributed by atoms with Crippen LogP contribution in [0, 0.1) is 5.82 Å².